The number of guanidine groups is 1. The Bertz CT molecular complexity index is 859. The summed E-state index contributed by atoms with van der Waals surface area (Å²) >= 11 is 0. The molecule has 0 unspecified atom stereocenters. The molecule has 1 aliphatic rings. The zero-order valence-electron chi connectivity index (χ0n) is 19.2. The van der Waals surface area contributed by atoms with Crippen LogP contribution in [0.15, 0.2) is 47.5 Å². The third kappa shape index (κ3) is 5.91. The highest BCUT2D eigenvalue weighted by Gasteiger charge is 2.34. The first-order chi connectivity index (χ1) is 15.1. The number of hydrogen-bond donors (Lipinski definition) is 2. The quantitative estimate of drug-likeness (QED) is 0.501. The molecule has 1 saturated heterocycles. The molecule has 168 valence electrons. The van der Waals surface area contributed by atoms with E-state index in [1.54, 1.807) is 14.2 Å². The van der Waals surface area contributed by atoms with Crippen molar-refractivity contribution >= 4 is 5.96 Å². The van der Waals surface area contributed by atoms with Crippen LogP contribution in [0.1, 0.15) is 29.5 Å². The first-order valence-corrected chi connectivity index (χ1v) is 10.9. The molecule has 1 heterocycles. The number of hydrogen-bond acceptors (Lipinski definition) is 4. The second-order valence-corrected chi connectivity index (χ2v) is 8.04. The van der Waals surface area contributed by atoms with E-state index in [9.17, 15) is 0 Å². The Morgan fingerprint density at radius 2 is 1.77 bits per heavy atom. The molecule has 0 aromatic heterocycles. The molecule has 1 aliphatic heterocycles. The molecule has 0 spiro atoms. The van der Waals surface area contributed by atoms with Gasteiger partial charge in [0.1, 0.15) is 11.5 Å². The molecule has 31 heavy (non-hydrogen) atoms. The maximum absolute atomic E-state index is 5.66. The predicted octanol–water partition coefficient (Wildman–Crippen LogP) is 3.47. The lowest BCUT2D eigenvalue weighted by atomic mass is 9.74. The van der Waals surface area contributed by atoms with E-state index in [-0.39, 0.29) is 5.41 Å². The lowest BCUT2D eigenvalue weighted by Gasteiger charge is -2.38. The Kier molecular flexibility index (Phi) is 8.18. The van der Waals surface area contributed by atoms with Crippen molar-refractivity contribution in [3.8, 4) is 11.5 Å². The summed E-state index contributed by atoms with van der Waals surface area (Å²) in [6, 6.07) is 14.7. The van der Waals surface area contributed by atoms with Gasteiger partial charge in [0.2, 0.25) is 0 Å². The van der Waals surface area contributed by atoms with Crippen LogP contribution in [0.2, 0.25) is 0 Å². The Labute approximate surface area is 186 Å². The number of rotatable bonds is 8. The fraction of sp³-hybridized carbons (Fsp3) is 0.480. The fourth-order valence-corrected chi connectivity index (χ4v) is 4.17. The van der Waals surface area contributed by atoms with E-state index >= 15 is 0 Å². The summed E-state index contributed by atoms with van der Waals surface area (Å²) in [5.41, 5.74) is 3.76. The van der Waals surface area contributed by atoms with E-state index in [2.05, 4.69) is 46.8 Å². The summed E-state index contributed by atoms with van der Waals surface area (Å²) in [5.74, 6) is 2.62. The number of ether oxygens (including phenoxy) is 3. The summed E-state index contributed by atoms with van der Waals surface area (Å²) in [6.45, 7) is 5.22. The summed E-state index contributed by atoms with van der Waals surface area (Å²) in [5, 5.41) is 7.00. The van der Waals surface area contributed by atoms with Gasteiger partial charge >= 0.3 is 0 Å². The van der Waals surface area contributed by atoms with E-state index in [1.807, 2.05) is 25.2 Å². The standard InChI is InChI=1S/C25H35N3O3/c1-19-5-10-23(30-4)20(17-19)11-14-27-24(26-2)28-18-25(12-15-31-16-13-25)21-6-8-22(29-3)9-7-21/h5-10,17H,11-16,18H2,1-4H3,(H2,26,27,28). The van der Waals surface area contributed by atoms with Crippen molar-refractivity contribution in [3.63, 3.8) is 0 Å². The smallest absolute Gasteiger partial charge is 0.191 e. The molecule has 2 aromatic carbocycles. The Morgan fingerprint density at radius 3 is 2.42 bits per heavy atom. The molecule has 0 amide bonds. The van der Waals surface area contributed by atoms with E-state index in [4.69, 9.17) is 14.2 Å². The average Bonchev–Trinajstić information content (AvgIpc) is 2.82. The van der Waals surface area contributed by atoms with Gasteiger partial charge in [0, 0.05) is 38.8 Å². The van der Waals surface area contributed by atoms with Gasteiger partial charge in [-0.25, -0.2) is 0 Å². The van der Waals surface area contributed by atoms with E-state index in [0.29, 0.717) is 0 Å². The molecule has 2 N–H and O–H groups in total. The third-order valence-electron chi connectivity index (χ3n) is 6.09. The van der Waals surface area contributed by atoms with E-state index < -0.39 is 0 Å². The van der Waals surface area contributed by atoms with Crippen LogP contribution >= 0.6 is 0 Å². The van der Waals surface area contributed by atoms with Crippen molar-refractivity contribution in [2.75, 3.05) is 47.6 Å². The highest BCUT2D eigenvalue weighted by molar-refractivity contribution is 5.79. The van der Waals surface area contributed by atoms with Crippen LogP contribution in [0, 0.1) is 6.92 Å². The van der Waals surface area contributed by atoms with Gasteiger partial charge in [-0.15, -0.1) is 0 Å². The number of nitrogens with one attached hydrogen (secondary N) is 2. The van der Waals surface area contributed by atoms with Gasteiger partial charge in [-0.3, -0.25) is 4.99 Å². The van der Waals surface area contributed by atoms with Crippen LogP contribution in [0.5, 0.6) is 11.5 Å². The number of benzene rings is 2. The Morgan fingerprint density at radius 1 is 1.03 bits per heavy atom. The first-order valence-electron chi connectivity index (χ1n) is 10.9. The highest BCUT2D eigenvalue weighted by Crippen LogP contribution is 2.35. The fourth-order valence-electron chi connectivity index (χ4n) is 4.17. The Balaban J connectivity index is 1.61. The molecule has 0 saturated carbocycles. The monoisotopic (exact) mass is 425 g/mol. The molecule has 6 nitrogen and oxygen atoms in total. The SMILES string of the molecule is CN=C(NCCc1cc(C)ccc1OC)NCC1(c2ccc(OC)cc2)CCOCC1. The molecular formula is C25H35N3O3. The van der Waals surface area contributed by atoms with Crippen LogP contribution < -0.4 is 20.1 Å². The predicted molar refractivity (Wildman–Crippen MR) is 126 cm³/mol. The van der Waals surface area contributed by atoms with Crippen molar-refractivity contribution in [1.82, 2.24) is 10.6 Å². The molecule has 6 heteroatoms. The van der Waals surface area contributed by atoms with Crippen molar-refractivity contribution in [1.29, 1.82) is 0 Å². The number of aryl methyl sites for hydroxylation is 1. The molecule has 0 aliphatic carbocycles. The van der Waals surface area contributed by atoms with Crippen LogP contribution in [0.25, 0.3) is 0 Å². The minimum Gasteiger partial charge on any atom is -0.497 e. The summed E-state index contributed by atoms with van der Waals surface area (Å²) < 4.78 is 16.5. The lowest BCUT2D eigenvalue weighted by Crippen LogP contribution is -2.48. The number of methoxy groups -OCH3 is 2. The normalized spacial score (nSPS) is 15.9. The average molecular weight is 426 g/mol. The Hall–Kier alpha value is -2.73. The maximum atomic E-state index is 5.66. The van der Waals surface area contributed by atoms with Crippen molar-refractivity contribution in [3.05, 3.63) is 59.2 Å². The van der Waals surface area contributed by atoms with E-state index in [0.717, 1.165) is 63.0 Å². The summed E-state index contributed by atoms with van der Waals surface area (Å²) in [4.78, 5) is 4.43. The second-order valence-electron chi connectivity index (χ2n) is 8.04. The van der Waals surface area contributed by atoms with Crippen molar-refractivity contribution in [2.45, 2.75) is 31.6 Å². The molecule has 3 rings (SSSR count). The second kappa shape index (κ2) is 11.0. The van der Waals surface area contributed by atoms with Gasteiger partial charge in [0.05, 0.1) is 14.2 Å². The summed E-state index contributed by atoms with van der Waals surface area (Å²) in [6.07, 6.45) is 2.82. The van der Waals surface area contributed by atoms with Crippen LogP contribution in [0.4, 0.5) is 0 Å². The lowest BCUT2D eigenvalue weighted by molar-refractivity contribution is 0.0513. The topological polar surface area (TPSA) is 64.1 Å². The van der Waals surface area contributed by atoms with Gasteiger partial charge in [0.15, 0.2) is 5.96 Å². The molecule has 0 atom stereocenters. The first kappa shape index (κ1) is 22.9. The zero-order valence-corrected chi connectivity index (χ0v) is 19.2. The molecule has 1 fully saturated rings. The molecule has 0 bridgehead atoms. The molecular weight excluding hydrogens is 390 g/mol. The molecule has 2 aromatic rings. The summed E-state index contributed by atoms with van der Waals surface area (Å²) in [7, 11) is 5.23. The minimum absolute atomic E-state index is 0.0158. The van der Waals surface area contributed by atoms with Crippen molar-refractivity contribution < 1.29 is 14.2 Å². The van der Waals surface area contributed by atoms with Crippen LogP contribution in [-0.2, 0) is 16.6 Å². The van der Waals surface area contributed by atoms with Gasteiger partial charge in [-0.1, -0.05) is 29.8 Å². The minimum atomic E-state index is 0.0158. The zero-order chi connectivity index (χ0) is 22.1. The van der Waals surface area contributed by atoms with Gasteiger partial charge in [-0.05, 0) is 55.5 Å². The van der Waals surface area contributed by atoms with Gasteiger partial charge in [-0.2, -0.15) is 0 Å². The number of aliphatic imine (C=N–C) groups is 1. The van der Waals surface area contributed by atoms with Crippen molar-refractivity contribution in [2.24, 2.45) is 4.99 Å². The highest BCUT2D eigenvalue weighted by atomic mass is 16.5. The number of nitrogens with zero attached hydrogens (tertiary/aromatic N) is 1. The van der Waals surface area contributed by atoms with Crippen LogP contribution in [0.3, 0.4) is 0 Å². The third-order valence-corrected chi connectivity index (χ3v) is 6.09. The van der Waals surface area contributed by atoms with Crippen LogP contribution in [-0.4, -0.2) is 53.5 Å². The van der Waals surface area contributed by atoms with Gasteiger partial charge in [0.25, 0.3) is 0 Å². The maximum Gasteiger partial charge on any atom is 0.191 e. The van der Waals surface area contributed by atoms with Gasteiger partial charge < -0.3 is 24.8 Å². The largest absolute Gasteiger partial charge is 0.497 e. The van der Waals surface area contributed by atoms with E-state index in [1.165, 1.54) is 16.7 Å². The molecule has 0 radical (unpaired) electrons.